The van der Waals surface area contributed by atoms with Crippen molar-refractivity contribution in [2.24, 2.45) is 0 Å². The molecule has 0 amide bonds. The van der Waals surface area contributed by atoms with Gasteiger partial charge in [-0.2, -0.15) is 0 Å². The molecule has 5 heteroatoms. The van der Waals surface area contributed by atoms with Crippen LogP contribution in [0.1, 0.15) is 61.3 Å². The maximum Gasteiger partial charge on any atom is 0.335 e. The molecule has 0 bridgehead atoms. The van der Waals surface area contributed by atoms with E-state index in [0.29, 0.717) is 23.1 Å². The Labute approximate surface area is 152 Å². The molecule has 0 aliphatic heterocycles. The van der Waals surface area contributed by atoms with Crippen molar-refractivity contribution >= 4 is 5.97 Å². The highest BCUT2D eigenvalue weighted by Crippen LogP contribution is 2.30. The predicted octanol–water partition coefficient (Wildman–Crippen LogP) is 5.35. The second-order valence-electron chi connectivity index (χ2n) is 6.88. The highest BCUT2D eigenvalue weighted by Gasteiger charge is 2.16. The number of carbonyl (C=O) groups is 1. The topological polar surface area (TPSA) is 76.2 Å². The maximum absolute atomic E-state index is 11.0. The summed E-state index contributed by atoms with van der Waals surface area (Å²) in [5.41, 5.74) is 3.77. The first kappa shape index (κ1) is 17.9. The van der Waals surface area contributed by atoms with Crippen LogP contribution in [0.2, 0.25) is 0 Å². The lowest BCUT2D eigenvalue weighted by atomic mass is 10.0. The second kappa shape index (κ2) is 7.12. The first-order chi connectivity index (χ1) is 12.4. The monoisotopic (exact) mass is 350 g/mol. The largest absolute Gasteiger partial charge is 0.478 e. The SMILES string of the molecule is CC(C)c1ncc(-c2ccc(-c3ccc(C(=O)O)cc3)o2)nc1C(C)C. The molecular weight excluding hydrogens is 328 g/mol. The van der Waals surface area contributed by atoms with Crippen LogP contribution in [0.4, 0.5) is 0 Å². The van der Waals surface area contributed by atoms with Gasteiger partial charge in [0.25, 0.3) is 0 Å². The van der Waals surface area contributed by atoms with E-state index in [2.05, 4.69) is 32.7 Å². The summed E-state index contributed by atoms with van der Waals surface area (Å²) >= 11 is 0. The second-order valence-corrected chi connectivity index (χ2v) is 6.88. The number of hydrogen-bond acceptors (Lipinski definition) is 4. The Kier molecular flexibility index (Phi) is 4.89. The van der Waals surface area contributed by atoms with Crippen molar-refractivity contribution in [2.75, 3.05) is 0 Å². The van der Waals surface area contributed by atoms with Crippen LogP contribution in [0.15, 0.2) is 47.0 Å². The van der Waals surface area contributed by atoms with Gasteiger partial charge in [0.1, 0.15) is 11.5 Å². The molecule has 5 nitrogen and oxygen atoms in total. The Balaban J connectivity index is 1.94. The average Bonchev–Trinajstić information content (AvgIpc) is 3.11. The van der Waals surface area contributed by atoms with Crippen LogP contribution in [0.5, 0.6) is 0 Å². The van der Waals surface area contributed by atoms with Gasteiger partial charge in [0.2, 0.25) is 0 Å². The summed E-state index contributed by atoms with van der Waals surface area (Å²) in [4.78, 5) is 20.3. The zero-order valence-electron chi connectivity index (χ0n) is 15.4. The summed E-state index contributed by atoms with van der Waals surface area (Å²) < 4.78 is 5.94. The van der Waals surface area contributed by atoms with Gasteiger partial charge in [-0.1, -0.05) is 39.8 Å². The fourth-order valence-electron chi connectivity index (χ4n) is 2.81. The van der Waals surface area contributed by atoms with E-state index in [0.717, 1.165) is 17.0 Å². The zero-order chi connectivity index (χ0) is 18.8. The Morgan fingerprint density at radius 3 is 2.12 bits per heavy atom. The Bertz CT molecular complexity index is 925. The van der Waals surface area contributed by atoms with E-state index in [9.17, 15) is 4.79 Å². The van der Waals surface area contributed by atoms with Gasteiger partial charge < -0.3 is 9.52 Å². The van der Waals surface area contributed by atoms with E-state index in [1.54, 1.807) is 30.5 Å². The van der Waals surface area contributed by atoms with Crippen LogP contribution >= 0.6 is 0 Å². The molecule has 0 spiro atoms. The van der Waals surface area contributed by atoms with E-state index in [1.807, 2.05) is 12.1 Å². The van der Waals surface area contributed by atoms with Gasteiger partial charge in [0.15, 0.2) is 5.76 Å². The van der Waals surface area contributed by atoms with Crippen molar-refractivity contribution in [3.05, 3.63) is 59.5 Å². The van der Waals surface area contributed by atoms with Crippen molar-refractivity contribution in [1.29, 1.82) is 0 Å². The molecule has 2 heterocycles. The molecule has 0 radical (unpaired) electrons. The van der Waals surface area contributed by atoms with Gasteiger partial charge in [0, 0.05) is 5.56 Å². The molecule has 3 aromatic rings. The third-order valence-corrected chi connectivity index (χ3v) is 4.20. The first-order valence-corrected chi connectivity index (χ1v) is 8.67. The quantitative estimate of drug-likeness (QED) is 0.671. The summed E-state index contributed by atoms with van der Waals surface area (Å²) in [5.74, 6) is 0.954. The normalized spacial score (nSPS) is 11.3. The van der Waals surface area contributed by atoms with Gasteiger partial charge >= 0.3 is 5.97 Å². The Morgan fingerprint density at radius 1 is 0.923 bits per heavy atom. The van der Waals surface area contributed by atoms with Gasteiger partial charge in [-0.25, -0.2) is 9.78 Å². The summed E-state index contributed by atoms with van der Waals surface area (Å²) in [7, 11) is 0. The minimum absolute atomic E-state index is 0.247. The third kappa shape index (κ3) is 3.52. The van der Waals surface area contributed by atoms with Gasteiger partial charge in [-0.3, -0.25) is 4.98 Å². The lowest BCUT2D eigenvalue weighted by Crippen LogP contribution is -2.05. The predicted molar refractivity (Wildman–Crippen MR) is 100 cm³/mol. The Hall–Kier alpha value is -2.95. The maximum atomic E-state index is 11.0. The number of rotatable bonds is 5. The van der Waals surface area contributed by atoms with Gasteiger partial charge in [-0.15, -0.1) is 0 Å². The molecule has 3 rings (SSSR count). The smallest absolute Gasteiger partial charge is 0.335 e. The molecule has 1 N–H and O–H groups in total. The molecule has 0 saturated carbocycles. The van der Waals surface area contributed by atoms with E-state index in [4.69, 9.17) is 14.5 Å². The Morgan fingerprint density at radius 2 is 1.54 bits per heavy atom. The van der Waals surface area contributed by atoms with Crippen molar-refractivity contribution in [1.82, 2.24) is 9.97 Å². The number of benzene rings is 1. The number of aromatic nitrogens is 2. The summed E-state index contributed by atoms with van der Waals surface area (Å²) in [5, 5.41) is 8.99. The molecule has 26 heavy (non-hydrogen) atoms. The van der Waals surface area contributed by atoms with E-state index in [-0.39, 0.29) is 11.5 Å². The van der Waals surface area contributed by atoms with Gasteiger partial charge in [-0.05, 0) is 36.1 Å². The number of aromatic carboxylic acids is 1. The third-order valence-electron chi connectivity index (χ3n) is 4.20. The van der Waals surface area contributed by atoms with Crippen LogP contribution in [0, 0.1) is 0 Å². The molecule has 0 unspecified atom stereocenters. The highest BCUT2D eigenvalue weighted by atomic mass is 16.4. The lowest BCUT2D eigenvalue weighted by molar-refractivity contribution is 0.0697. The highest BCUT2D eigenvalue weighted by molar-refractivity contribution is 5.88. The number of furan rings is 1. The number of carboxylic acid groups (broad SMARTS) is 1. The number of nitrogens with zero attached hydrogens (tertiary/aromatic N) is 2. The van der Waals surface area contributed by atoms with Gasteiger partial charge in [0.05, 0.1) is 23.1 Å². The molecule has 0 atom stereocenters. The minimum Gasteiger partial charge on any atom is -0.478 e. The van der Waals surface area contributed by atoms with Crippen LogP contribution in [-0.4, -0.2) is 21.0 Å². The molecule has 134 valence electrons. The molecule has 2 aromatic heterocycles. The molecule has 0 fully saturated rings. The molecule has 1 aromatic carbocycles. The average molecular weight is 350 g/mol. The molecule has 0 saturated heterocycles. The van der Waals surface area contributed by atoms with Crippen molar-refractivity contribution < 1.29 is 14.3 Å². The van der Waals surface area contributed by atoms with Crippen molar-refractivity contribution in [3.63, 3.8) is 0 Å². The van der Waals surface area contributed by atoms with Crippen LogP contribution in [0.25, 0.3) is 22.8 Å². The molecule has 0 aliphatic rings. The van der Waals surface area contributed by atoms with Crippen LogP contribution in [0.3, 0.4) is 0 Å². The number of hydrogen-bond donors (Lipinski definition) is 1. The summed E-state index contributed by atoms with van der Waals surface area (Å²) in [6.45, 7) is 8.44. The summed E-state index contributed by atoms with van der Waals surface area (Å²) in [6.07, 6.45) is 1.75. The first-order valence-electron chi connectivity index (χ1n) is 8.67. The fraction of sp³-hybridized carbons (Fsp3) is 0.286. The van der Waals surface area contributed by atoms with E-state index >= 15 is 0 Å². The molecular formula is C21H22N2O3. The number of carboxylic acids is 1. The lowest BCUT2D eigenvalue weighted by Gasteiger charge is -2.14. The van der Waals surface area contributed by atoms with E-state index in [1.165, 1.54) is 0 Å². The van der Waals surface area contributed by atoms with Crippen LogP contribution < -0.4 is 0 Å². The summed E-state index contributed by atoms with van der Waals surface area (Å²) in [6, 6.07) is 10.3. The molecule has 0 aliphatic carbocycles. The van der Waals surface area contributed by atoms with Crippen molar-refractivity contribution in [2.45, 2.75) is 39.5 Å². The minimum atomic E-state index is -0.946. The van der Waals surface area contributed by atoms with E-state index < -0.39 is 5.97 Å². The fourth-order valence-corrected chi connectivity index (χ4v) is 2.81. The van der Waals surface area contributed by atoms with Crippen molar-refractivity contribution in [3.8, 4) is 22.8 Å². The van der Waals surface area contributed by atoms with Crippen LogP contribution in [-0.2, 0) is 0 Å². The zero-order valence-corrected chi connectivity index (χ0v) is 15.4. The standard InChI is InChI=1S/C21H22N2O3/c1-12(2)19-20(13(3)4)23-16(11-22-19)18-10-9-17(26-18)14-5-7-15(8-6-14)21(24)25/h5-13H,1-4H3,(H,24,25).